The summed E-state index contributed by atoms with van der Waals surface area (Å²) in [7, 11) is 0. The Morgan fingerprint density at radius 1 is 1.52 bits per heavy atom. The van der Waals surface area contributed by atoms with Gasteiger partial charge in [-0.1, -0.05) is 0 Å². The van der Waals surface area contributed by atoms with Crippen LogP contribution in [0.2, 0.25) is 0 Å². The highest BCUT2D eigenvalue weighted by Crippen LogP contribution is 2.18. The van der Waals surface area contributed by atoms with Crippen LogP contribution in [0.25, 0.3) is 5.69 Å². The number of halogens is 3. The molecule has 0 saturated carbocycles. The molecular weight excluding hydrogens is 348 g/mol. The Morgan fingerprint density at radius 3 is 2.81 bits per heavy atom. The fraction of sp³-hybridized carbons (Fsp3) is 0.250. The highest BCUT2D eigenvalue weighted by molar-refractivity contribution is 9.10. The van der Waals surface area contributed by atoms with Crippen LogP contribution in [0.4, 0.5) is 8.78 Å². The maximum atomic E-state index is 12.7. The van der Waals surface area contributed by atoms with Gasteiger partial charge >= 0.3 is 5.69 Å². The van der Waals surface area contributed by atoms with Crippen molar-refractivity contribution in [2.75, 3.05) is 6.54 Å². The lowest BCUT2D eigenvalue weighted by molar-refractivity contribution is 0.407. The molecule has 0 fully saturated rings. The van der Waals surface area contributed by atoms with Gasteiger partial charge in [0.15, 0.2) is 0 Å². The molecular formula is C12H12BrF2N5O. The number of hydrogen-bond donors (Lipinski definition) is 2. The Bertz CT molecular complexity index is 748. The summed E-state index contributed by atoms with van der Waals surface area (Å²) in [6.07, 6.45) is -0.619. The SMILES string of the molecule is Cc1cc(-n2c(CC(CN)=C(F)F)n[nH]c2=O)cnc1Br. The maximum absolute atomic E-state index is 12.7. The van der Waals surface area contributed by atoms with Gasteiger partial charge < -0.3 is 5.73 Å². The number of aromatic nitrogens is 4. The van der Waals surface area contributed by atoms with Gasteiger partial charge in [-0.05, 0) is 34.5 Å². The van der Waals surface area contributed by atoms with E-state index in [-0.39, 0.29) is 24.4 Å². The Balaban J connectivity index is 2.50. The third kappa shape index (κ3) is 3.24. The highest BCUT2D eigenvalue weighted by Gasteiger charge is 2.15. The normalized spacial score (nSPS) is 10.7. The molecule has 0 radical (unpaired) electrons. The summed E-state index contributed by atoms with van der Waals surface area (Å²) in [6, 6.07) is 1.70. The highest BCUT2D eigenvalue weighted by atomic mass is 79.9. The first-order chi connectivity index (χ1) is 9.93. The molecule has 21 heavy (non-hydrogen) atoms. The van der Waals surface area contributed by atoms with Gasteiger partial charge in [-0.25, -0.2) is 19.4 Å². The molecule has 0 atom stereocenters. The number of rotatable bonds is 4. The van der Waals surface area contributed by atoms with E-state index in [1.807, 2.05) is 0 Å². The lowest BCUT2D eigenvalue weighted by atomic mass is 10.2. The van der Waals surface area contributed by atoms with Gasteiger partial charge in [-0.15, -0.1) is 0 Å². The topological polar surface area (TPSA) is 89.6 Å². The van der Waals surface area contributed by atoms with E-state index >= 15 is 0 Å². The van der Waals surface area contributed by atoms with Crippen LogP contribution >= 0.6 is 15.9 Å². The molecule has 0 aliphatic carbocycles. The molecule has 0 aromatic carbocycles. The van der Waals surface area contributed by atoms with E-state index in [4.69, 9.17) is 5.73 Å². The van der Waals surface area contributed by atoms with Crippen molar-refractivity contribution >= 4 is 15.9 Å². The third-order valence-electron chi connectivity index (χ3n) is 2.89. The van der Waals surface area contributed by atoms with Crippen molar-refractivity contribution in [3.05, 3.63) is 50.4 Å². The fourth-order valence-corrected chi connectivity index (χ4v) is 2.00. The van der Waals surface area contributed by atoms with E-state index in [1.165, 1.54) is 10.8 Å². The van der Waals surface area contributed by atoms with Crippen LogP contribution in [0.5, 0.6) is 0 Å². The summed E-state index contributed by atoms with van der Waals surface area (Å²) >= 11 is 3.26. The summed E-state index contributed by atoms with van der Waals surface area (Å²) in [5.74, 6) is 0.150. The summed E-state index contributed by atoms with van der Waals surface area (Å²) in [5.41, 5.74) is 5.74. The zero-order valence-corrected chi connectivity index (χ0v) is 12.6. The number of aromatic amines is 1. The van der Waals surface area contributed by atoms with Gasteiger partial charge in [0.2, 0.25) is 0 Å². The number of aryl methyl sites for hydroxylation is 1. The van der Waals surface area contributed by atoms with Crippen LogP contribution in [-0.4, -0.2) is 26.3 Å². The van der Waals surface area contributed by atoms with E-state index in [2.05, 4.69) is 31.1 Å². The second-order valence-electron chi connectivity index (χ2n) is 4.33. The van der Waals surface area contributed by atoms with Crippen LogP contribution < -0.4 is 11.4 Å². The largest absolute Gasteiger partial charge is 0.348 e. The van der Waals surface area contributed by atoms with Crippen LogP contribution in [0, 0.1) is 6.92 Å². The Labute approximate surface area is 126 Å². The van der Waals surface area contributed by atoms with Crippen molar-refractivity contribution in [3.8, 4) is 5.69 Å². The van der Waals surface area contributed by atoms with Gasteiger partial charge in [0.1, 0.15) is 10.4 Å². The Kier molecular flexibility index (Phi) is 4.63. The lowest BCUT2D eigenvalue weighted by Crippen LogP contribution is -2.18. The second-order valence-corrected chi connectivity index (χ2v) is 5.08. The summed E-state index contributed by atoms with van der Waals surface area (Å²) < 4.78 is 27.2. The van der Waals surface area contributed by atoms with Crippen molar-refractivity contribution in [2.45, 2.75) is 13.3 Å². The summed E-state index contributed by atoms with van der Waals surface area (Å²) in [5, 5.41) is 6.03. The maximum Gasteiger partial charge on any atom is 0.348 e. The van der Waals surface area contributed by atoms with E-state index in [9.17, 15) is 13.6 Å². The minimum Gasteiger partial charge on any atom is -0.327 e. The molecule has 0 aliphatic heterocycles. The zero-order chi connectivity index (χ0) is 15.6. The predicted molar refractivity (Wildman–Crippen MR) is 76.4 cm³/mol. The van der Waals surface area contributed by atoms with Crippen LogP contribution in [0.15, 0.2) is 33.3 Å². The number of H-pyrrole nitrogens is 1. The number of pyridine rings is 1. The van der Waals surface area contributed by atoms with Crippen molar-refractivity contribution < 1.29 is 8.78 Å². The predicted octanol–water partition coefficient (Wildman–Crippen LogP) is 1.68. The molecule has 0 spiro atoms. The molecule has 2 aromatic rings. The standard InChI is InChI=1S/C12H12BrF2N5O/c1-6-2-8(5-17-10(6)13)20-9(18-19-12(20)21)3-7(4-16)11(14)15/h2,5H,3-4,16H2,1H3,(H,19,21). The van der Waals surface area contributed by atoms with E-state index < -0.39 is 11.8 Å². The molecule has 9 heteroatoms. The van der Waals surface area contributed by atoms with Gasteiger partial charge in [0, 0.05) is 18.5 Å². The number of nitrogens with zero attached hydrogens (tertiary/aromatic N) is 3. The first kappa shape index (κ1) is 15.5. The second kappa shape index (κ2) is 6.27. The molecule has 2 rings (SSSR count). The molecule has 0 aliphatic rings. The molecule has 2 aromatic heterocycles. The lowest BCUT2D eigenvalue weighted by Gasteiger charge is -2.08. The number of nitrogens with two attached hydrogens (primary N) is 1. The van der Waals surface area contributed by atoms with E-state index in [0.29, 0.717) is 10.3 Å². The van der Waals surface area contributed by atoms with Crippen molar-refractivity contribution in [1.29, 1.82) is 0 Å². The smallest absolute Gasteiger partial charge is 0.327 e. The fourth-order valence-electron chi connectivity index (χ4n) is 1.79. The average Bonchev–Trinajstić information content (AvgIpc) is 2.80. The number of hydrogen-bond acceptors (Lipinski definition) is 4. The summed E-state index contributed by atoms with van der Waals surface area (Å²) in [4.78, 5) is 15.9. The number of nitrogens with one attached hydrogen (secondary N) is 1. The van der Waals surface area contributed by atoms with Crippen LogP contribution in [0.3, 0.4) is 0 Å². The minimum atomic E-state index is -1.86. The molecule has 0 amide bonds. The average molecular weight is 360 g/mol. The van der Waals surface area contributed by atoms with E-state index in [1.54, 1.807) is 13.0 Å². The third-order valence-corrected chi connectivity index (χ3v) is 3.72. The summed E-state index contributed by atoms with van der Waals surface area (Å²) in [6.45, 7) is 1.50. The Morgan fingerprint density at radius 2 is 2.24 bits per heavy atom. The molecule has 0 bridgehead atoms. The first-order valence-corrected chi connectivity index (χ1v) is 6.75. The van der Waals surface area contributed by atoms with Crippen molar-refractivity contribution in [2.24, 2.45) is 5.73 Å². The minimum absolute atomic E-state index is 0.150. The van der Waals surface area contributed by atoms with Crippen LogP contribution in [-0.2, 0) is 6.42 Å². The van der Waals surface area contributed by atoms with Crippen LogP contribution in [0.1, 0.15) is 11.4 Å². The molecule has 112 valence electrons. The van der Waals surface area contributed by atoms with Gasteiger partial charge in [-0.2, -0.15) is 13.9 Å². The molecule has 6 nitrogen and oxygen atoms in total. The molecule has 3 N–H and O–H groups in total. The van der Waals surface area contributed by atoms with E-state index in [0.717, 1.165) is 5.56 Å². The monoisotopic (exact) mass is 359 g/mol. The van der Waals surface area contributed by atoms with Crippen molar-refractivity contribution in [3.63, 3.8) is 0 Å². The molecule has 2 heterocycles. The zero-order valence-electron chi connectivity index (χ0n) is 11.0. The quantitative estimate of drug-likeness (QED) is 0.812. The Hall–Kier alpha value is -1.87. The van der Waals surface area contributed by atoms with Gasteiger partial charge in [-0.3, -0.25) is 0 Å². The first-order valence-electron chi connectivity index (χ1n) is 5.96. The van der Waals surface area contributed by atoms with Crippen molar-refractivity contribution in [1.82, 2.24) is 19.7 Å². The van der Waals surface area contributed by atoms with Gasteiger partial charge in [0.05, 0.1) is 11.9 Å². The van der Waals surface area contributed by atoms with Gasteiger partial charge in [0.25, 0.3) is 6.08 Å². The molecule has 0 unspecified atom stereocenters. The molecule has 0 saturated heterocycles.